The van der Waals surface area contributed by atoms with E-state index in [9.17, 15) is 4.79 Å². The highest BCUT2D eigenvalue weighted by Crippen LogP contribution is 2.23. The molecule has 1 aromatic heterocycles. The minimum Gasteiger partial charge on any atom is -0.387 e. The summed E-state index contributed by atoms with van der Waals surface area (Å²) >= 11 is 7.51. The molecule has 0 saturated carbocycles. The molecule has 0 aliphatic carbocycles. The molecule has 1 atom stereocenters. The van der Waals surface area contributed by atoms with E-state index in [1.165, 1.54) is 11.3 Å². The Morgan fingerprint density at radius 3 is 2.90 bits per heavy atom. The van der Waals surface area contributed by atoms with Gasteiger partial charge in [-0.3, -0.25) is 4.79 Å². The third-order valence-corrected chi connectivity index (χ3v) is 4.08. The lowest BCUT2D eigenvalue weighted by Gasteiger charge is -2.16. The quantitative estimate of drug-likeness (QED) is 0.885. The van der Waals surface area contributed by atoms with Gasteiger partial charge in [0.25, 0.3) is 5.91 Å². The second-order valence-electron chi connectivity index (χ2n) is 4.24. The molecular weight excluding hydrogens is 294 g/mol. The average Bonchev–Trinajstić information content (AvgIpc) is 2.98. The Kier molecular flexibility index (Phi) is 4.98. The van der Waals surface area contributed by atoms with E-state index in [1.807, 2.05) is 12.3 Å². The zero-order valence-corrected chi connectivity index (χ0v) is 12.9. The fraction of sp³-hybridized carbons (Fsp3) is 0.286. The van der Waals surface area contributed by atoms with Gasteiger partial charge in [-0.15, -0.1) is 11.3 Å². The van der Waals surface area contributed by atoms with Crippen molar-refractivity contribution in [2.75, 3.05) is 12.4 Å². The first-order valence-corrected chi connectivity index (χ1v) is 7.59. The standard InChI is InChI=1S/C14H16ClN3OS/c1-3-11(14-17-6-7-20-14)18-13(19)10-8-9(15)4-5-12(10)16-2/h4-8,11,16H,3H2,1-2H3,(H,18,19). The highest BCUT2D eigenvalue weighted by molar-refractivity contribution is 7.09. The zero-order chi connectivity index (χ0) is 14.5. The van der Waals surface area contributed by atoms with Crippen LogP contribution in [0.3, 0.4) is 0 Å². The number of anilines is 1. The summed E-state index contributed by atoms with van der Waals surface area (Å²) in [5.74, 6) is -0.154. The minimum absolute atomic E-state index is 0.0776. The van der Waals surface area contributed by atoms with Gasteiger partial charge in [-0.2, -0.15) is 0 Å². The molecule has 0 radical (unpaired) electrons. The second kappa shape index (κ2) is 6.72. The lowest BCUT2D eigenvalue weighted by Crippen LogP contribution is -2.28. The van der Waals surface area contributed by atoms with Crippen LogP contribution < -0.4 is 10.6 Å². The SMILES string of the molecule is CCC(NC(=O)c1cc(Cl)ccc1NC)c1nccs1. The first kappa shape index (κ1) is 14.8. The van der Waals surface area contributed by atoms with Crippen molar-refractivity contribution in [3.05, 3.63) is 45.4 Å². The zero-order valence-electron chi connectivity index (χ0n) is 11.3. The first-order valence-electron chi connectivity index (χ1n) is 6.33. The van der Waals surface area contributed by atoms with E-state index >= 15 is 0 Å². The van der Waals surface area contributed by atoms with Gasteiger partial charge in [0, 0.05) is 29.3 Å². The summed E-state index contributed by atoms with van der Waals surface area (Å²) in [5, 5.41) is 9.35. The molecule has 0 saturated heterocycles. The van der Waals surface area contributed by atoms with Crippen molar-refractivity contribution in [1.82, 2.24) is 10.3 Å². The fourth-order valence-corrected chi connectivity index (χ4v) is 2.85. The first-order chi connectivity index (χ1) is 9.65. The number of nitrogens with zero attached hydrogens (tertiary/aromatic N) is 1. The van der Waals surface area contributed by atoms with Crippen LogP contribution in [-0.4, -0.2) is 17.9 Å². The number of thiazole rings is 1. The number of amides is 1. The lowest BCUT2D eigenvalue weighted by atomic mass is 10.1. The van der Waals surface area contributed by atoms with Crippen LogP contribution in [0, 0.1) is 0 Å². The van der Waals surface area contributed by atoms with Crippen LogP contribution in [0.4, 0.5) is 5.69 Å². The van der Waals surface area contributed by atoms with Gasteiger partial charge < -0.3 is 10.6 Å². The van der Waals surface area contributed by atoms with E-state index < -0.39 is 0 Å². The van der Waals surface area contributed by atoms with Crippen LogP contribution in [0.2, 0.25) is 5.02 Å². The molecule has 20 heavy (non-hydrogen) atoms. The summed E-state index contributed by atoms with van der Waals surface area (Å²) in [5.41, 5.74) is 1.29. The van der Waals surface area contributed by atoms with Crippen LogP contribution >= 0.6 is 22.9 Å². The van der Waals surface area contributed by atoms with Gasteiger partial charge in [0.15, 0.2) is 0 Å². The van der Waals surface area contributed by atoms with E-state index in [0.717, 1.165) is 17.1 Å². The van der Waals surface area contributed by atoms with Gasteiger partial charge in [-0.05, 0) is 24.6 Å². The number of halogens is 1. The summed E-state index contributed by atoms with van der Waals surface area (Å²) in [6.45, 7) is 2.02. The van der Waals surface area contributed by atoms with Crippen molar-refractivity contribution in [2.45, 2.75) is 19.4 Å². The van der Waals surface area contributed by atoms with Crippen LogP contribution in [0.1, 0.15) is 34.8 Å². The average molecular weight is 310 g/mol. The molecule has 2 rings (SSSR count). The predicted octanol–water partition coefficient (Wildman–Crippen LogP) is 3.72. The molecule has 106 valence electrons. The van der Waals surface area contributed by atoms with Gasteiger partial charge in [0.1, 0.15) is 5.01 Å². The summed E-state index contributed by atoms with van der Waals surface area (Å²) < 4.78 is 0. The Hall–Kier alpha value is -1.59. The number of benzene rings is 1. The lowest BCUT2D eigenvalue weighted by molar-refractivity contribution is 0.0936. The number of hydrogen-bond donors (Lipinski definition) is 2. The van der Waals surface area contributed by atoms with Crippen LogP contribution in [-0.2, 0) is 0 Å². The Balaban J connectivity index is 2.21. The molecule has 0 aliphatic rings. The maximum absolute atomic E-state index is 12.4. The fourth-order valence-electron chi connectivity index (χ4n) is 1.90. The van der Waals surface area contributed by atoms with Crippen LogP contribution in [0.25, 0.3) is 0 Å². The topological polar surface area (TPSA) is 54.0 Å². The van der Waals surface area contributed by atoms with Gasteiger partial charge in [0.05, 0.1) is 11.6 Å². The molecule has 6 heteroatoms. The third-order valence-electron chi connectivity index (χ3n) is 2.96. The summed E-state index contributed by atoms with van der Waals surface area (Å²) in [4.78, 5) is 16.7. The number of hydrogen-bond acceptors (Lipinski definition) is 4. The molecule has 0 fully saturated rings. The van der Waals surface area contributed by atoms with Crippen LogP contribution in [0.15, 0.2) is 29.8 Å². The van der Waals surface area contributed by atoms with Crippen molar-refractivity contribution in [3.63, 3.8) is 0 Å². The maximum Gasteiger partial charge on any atom is 0.253 e. The Bertz CT molecular complexity index is 586. The third kappa shape index (κ3) is 3.29. The maximum atomic E-state index is 12.4. The van der Waals surface area contributed by atoms with Crippen LogP contribution in [0.5, 0.6) is 0 Å². The van der Waals surface area contributed by atoms with E-state index in [-0.39, 0.29) is 11.9 Å². The minimum atomic E-state index is -0.154. The molecule has 0 bridgehead atoms. The summed E-state index contributed by atoms with van der Waals surface area (Å²) in [6, 6.07) is 5.13. The number of aromatic nitrogens is 1. The van der Waals surface area contributed by atoms with Gasteiger partial charge in [0.2, 0.25) is 0 Å². The highest BCUT2D eigenvalue weighted by Gasteiger charge is 2.18. The van der Waals surface area contributed by atoms with Crippen molar-refractivity contribution >= 4 is 34.5 Å². The number of nitrogens with one attached hydrogen (secondary N) is 2. The van der Waals surface area contributed by atoms with E-state index in [1.54, 1.807) is 31.4 Å². The van der Waals surface area contributed by atoms with Crippen molar-refractivity contribution in [3.8, 4) is 0 Å². The molecular formula is C14H16ClN3OS. The number of carbonyl (C=O) groups excluding carboxylic acids is 1. The second-order valence-corrected chi connectivity index (χ2v) is 5.61. The highest BCUT2D eigenvalue weighted by atomic mass is 35.5. The smallest absolute Gasteiger partial charge is 0.253 e. The monoisotopic (exact) mass is 309 g/mol. The largest absolute Gasteiger partial charge is 0.387 e. The van der Waals surface area contributed by atoms with E-state index in [0.29, 0.717) is 10.6 Å². The van der Waals surface area contributed by atoms with Gasteiger partial charge in [-0.1, -0.05) is 18.5 Å². The molecule has 4 nitrogen and oxygen atoms in total. The molecule has 1 amide bonds. The molecule has 1 aromatic carbocycles. The Morgan fingerprint density at radius 2 is 2.30 bits per heavy atom. The summed E-state index contributed by atoms with van der Waals surface area (Å²) in [7, 11) is 1.78. The Morgan fingerprint density at radius 1 is 1.50 bits per heavy atom. The van der Waals surface area contributed by atoms with Crippen molar-refractivity contribution in [1.29, 1.82) is 0 Å². The Labute approximate surface area is 127 Å². The molecule has 1 unspecified atom stereocenters. The normalized spacial score (nSPS) is 11.9. The van der Waals surface area contributed by atoms with E-state index in [2.05, 4.69) is 15.6 Å². The predicted molar refractivity (Wildman–Crippen MR) is 83.6 cm³/mol. The summed E-state index contributed by atoms with van der Waals surface area (Å²) in [6.07, 6.45) is 2.53. The molecule has 1 heterocycles. The molecule has 0 spiro atoms. The number of rotatable bonds is 5. The number of carbonyl (C=O) groups is 1. The van der Waals surface area contributed by atoms with Gasteiger partial charge in [-0.25, -0.2) is 4.98 Å². The molecule has 2 aromatic rings. The van der Waals surface area contributed by atoms with Crippen molar-refractivity contribution < 1.29 is 4.79 Å². The van der Waals surface area contributed by atoms with Crippen molar-refractivity contribution in [2.24, 2.45) is 0 Å². The van der Waals surface area contributed by atoms with E-state index in [4.69, 9.17) is 11.6 Å². The molecule has 0 aliphatic heterocycles. The molecule has 2 N–H and O–H groups in total. The van der Waals surface area contributed by atoms with Gasteiger partial charge >= 0.3 is 0 Å².